The zero-order valence-corrected chi connectivity index (χ0v) is 10.1. The standard InChI is InChI=1S/C7H6O5S.Na/c8-7(9)5-2-1-3-6(4-5)13(10,11)12;/h1-4H,(H,8,9)(H,10,11,12);/q;+1/p-1. The van der Waals surface area contributed by atoms with Gasteiger partial charge in [-0.1, -0.05) is 12.1 Å². The average molecular weight is 224 g/mol. The molecular weight excluding hydrogens is 219 g/mol. The molecule has 0 radical (unpaired) electrons. The van der Waals surface area contributed by atoms with Crippen LogP contribution in [0.4, 0.5) is 0 Å². The molecule has 1 aromatic carbocycles. The molecule has 5 nitrogen and oxygen atoms in total. The summed E-state index contributed by atoms with van der Waals surface area (Å²) in [5, 5.41) is 10.3. The van der Waals surface area contributed by atoms with Gasteiger partial charge < -0.3 is 9.90 Å². The van der Waals surface area contributed by atoms with Gasteiger partial charge in [-0.2, -0.15) is 8.42 Å². The first-order valence-corrected chi connectivity index (χ1v) is 4.64. The summed E-state index contributed by atoms with van der Waals surface area (Å²) in [6, 6.07) is 4.28. The van der Waals surface area contributed by atoms with Gasteiger partial charge in [-0.15, -0.1) is 0 Å². The van der Waals surface area contributed by atoms with Crippen molar-refractivity contribution >= 4 is 16.1 Å². The van der Waals surface area contributed by atoms with Gasteiger partial charge in [0.15, 0.2) is 0 Å². The Morgan fingerprint density at radius 3 is 2.36 bits per heavy atom. The summed E-state index contributed by atoms with van der Waals surface area (Å²) in [4.78, 5) is 9.83. The van der Waals surface area contributed by atoms with Crippen molar-refractivity contribution in [3.8, 4) is 0 Å². The van der Waals surface area contributed by atoms with Gasteiger partial charge in [-0.3, -0.25) is 4.55 Å². The number of benzene rings is 1. The molecule has 0 atom stereocenters. The van der Waals surface area contributed by atoms with Crippen molar-refractivity contribution in [1.82, 2.24) is 0 Å². The van der Waals surface area contributed by atoms with E-state index >= 15 is 0 Å². The molecule has 0 aliphatic carbocycles. The van der Waals surface area contributed by atoms with Gasteiger partial charge in [0.1, 0.15) is 0 Å². The first-order chi connectivity index (χ1) is 5.91. The third-order valence-corrected chi connectivity index (χ3v) is 2.22. The van der Waals surface area contributed by atoms with E-state index in [1.807, 2.05) is 0 Å². The molecule has 1 rings (SSSR count). The van der Waals surface area contributed by atoms with E-state index in [9.17, 15) is 18.3 Å². The van der Waals surface area contributed by atoms with Gasteiger partial charge in [-0.05, 0) is 17.7 Å². The molecule has 0 bridgehead atoms. The topological polar surface area (TPSA) is 94.5 Å². The van der Waals surface area contributed by atoms with Crippen LogP contribution in [-0.4, -0.2) is 18.9 Å². The Hall–Kier alpha value is -0.400. The molecule has 70 valence electrons. The van der Waals surface area contributed by atoms with E-state index in [0.717, 1.165) is 12.1 Å². The molecule has 0 aliphatic heterocycles. The maximum absolute atomic E-state index is 10.5. The van der Waals surface area contributed by atoms with Crippen LogP contribution in [0.2, 0.25) is 0 Å². The van der Waals surface area contributed by atoms with Crippen molar-refractivity contribution in [3.63, 3.8) is 0 Å². The Morgan fingerprint density at radius 2 is 1.93 bits per heavy atom. The summed E-state index contributed by atoms with van der Waals surface area (Å²) in [5.41, 5.74) is -0.296. The van der Waals surface area contributed by atoms with Crippen LogP contribution in [0.15, 0.2) is 29.2 Å². The number of carboxylic acids is 1. The molecular formula is C7H5NaO5S. The maximum atomic E-state index is 10.5. The fourth-order valence-corrected chi connectivity index (χ4v) is 1.31. The minimum Gasteiger partial charge on any atom is -0.545 e. The summed E-state index contributed by atoms with van der Waals surface area (Å²) in [6.07, 6.45) is 0. The van der Waals surface area contributed by atoms with E-state index < -0.39 is 21.0 Å². The Bertz CT molecular complexity index is 439. The summed E-state index contributed by atoms with van der Waals surface area (Å²) >= 11 is 0. The van der Waals surface area contributed by atoms with Crippen LogP contribution in [0.5, 0.6) is 0 Å². The second kappa shape index (κ2) is 4.90. The van der Waals surface area contributed by atoms with E-state index in [2.05, 4.69) is 0 Å². The minimum absolute atomic E-state index is 0. The third kappa shape index (κ3) is 3.39. The smallest absolute Gasteiger partial charge is 0.545 e. The summed E-state index contributed by atoms with van der Waals surface area (Å²) in [6.45, 7) is 0. The zero-order valence-electron chi connectivity index (χ0n) is 7.30. The van der Waals surface area contributed by atoms with Gasteiger partial charge in [0.05, 0.1) is 10.9 Å². The van der Waals surface area contributed by atoms with E-state index in [1.165, 1.54) is 12.1 Å². The average Bonchev–Trinajstić information content (AvgIpc) is 2.03. The van der Waals surface area contributed by atoms with Gasteiger partial charge in [0, 0.05) is 0 Å². The molecule has 0 spiro atoms. The molecule has 7 heteroatoms. The number of rotatable bonds is 2. The summed E-state index contributed by atoms with van der Waals surface area (Å²) in [5.74, 6) is -1.49. The molecule has 0 heterocycles. The Kier molecular flexibility index (Phi) is 4.76. The van der Waals surface area contributed by atoms with Crippen LogP contribution in [0.25, 0.3) is 0 Å². The number of carbonyl (C=O) groups is 1. The first kappa shape index (κ1) is 13.6. The first-order valence-electron chi connectivity index (χ1n) is 3.20. The van der Waals surface area contributed by atoms with E-state index in [4.69, 9.17) is 4.55 Å². The predicted molar refractivity (Wildman–Crippen MR) is 40.6 cm³/mol. The Balaban J connectivity index is 0.00000169. The predicted octanol–water partition coefficient (Wildman–Crippen LogP) is -3.70. The fourth-order valence-electron chi connectivity index (χ4n) is 0.784. The fraction of sp³-hybridized carbons (Fsp3) is 0. The van der Waals surface area contributed by atoms with Crippen LogP contribution in [-0.2, 0) is 10.1 Å². The van der Waals surface area contributed by atoms with Gasteiger partial charge in [-0.25, -0.2) is 0 Å². The van der Waals surface area contributed by atoms with Crippen LogP contribution in [0.1, 0.15) is 10.4 Å². The summed E-state index contributed by atoms with van der Waals surface area (Å²) < 4.78 is 29.7. The Labute approximate surface area is 103 Å². The van der Waals surface area contributed by atoms with E-state index in [1.54, 1.807) is 0 Å². The molecule has 0 saturated carbocycles. The van der Waals surface area contributed by atoms with Gasteiger partial charge in [0.2, 0.25) is 0 Å². The zero-order chi connectivity index (χ0) is 10.1. The van der Waals surface area contributed by atoms with Crippen molar-refractivity contribution < 1.29 is 52.4 Å². The van der Waals surface area contributed by atoms with E-state index in [0.29, 0.717) is 0 Å². The Morgan fingerprint density at radius 1 is 1.36 bits per heavy atom. The second-order valence-electron chi connectivity index (χ2n) is 2.29. The molecule has 1 N–H and O–H groups in total. The number of hydrogen-bond donors (Lipinski definition) is 1. The minimum atomic E-state index is -4.35. The van der Waals surface area contributed by atoms with Gasteiger partial charge in [0.25, 0.3) is 10.1 Å². The van der Waals surface area contributed by atoms with Crippen LogP contribution in [0, 0.1) is 0 Å². The molecule has 0 fully saturated rings. The normalized spacial score (nSPS) is 10.4. The summed E-state index contributed by atoms with van der Waals surface area (Å²) in [7, 11) is -4.35. The van der Waals surface area contributed by atoms with Crippen molar-refractivity contribution in [2.75, 3.05) is 0 Å². The molecule has 0 unspecified atom stereocenters. The monoisotopic (exact) mass is 224 g/mol. The van der Waals surface area contributed by atoms with Crippen LogP contribution < -0.4 is 34.7 Å². The number of carbonyl (C=O) groups excluding carboxylic acids is 1. The molecule has 0 saturated heterocycles. The molecule has 0 aromatic heterocycles. The molecule has 14 heavy (non-hydrogen) atoms. The molecule has 0 amide bonds. The largest absolute Gasteiger partial charge is 1.00 e. The van der Waals surface area contributed by atoms with Crippen LogP contribution in [0.3, 0.4) is 0 Å². The van der Waals surface area contributed by atoms with E-state index in [-0.39, 0.29) is 35.1 Å². The number of hydrogen-bond acceptors (Lipinski definition) is 4. The van der Waals surface area contributed by atoms with Crippen molar-refractivity contribution in [3.05, 3.63) is 29.8 Å². The van der Waals surface area contributed by atoms with Gasteiger partial charge >= 0.3 is 29.6 Å². The quantitative estimate of drug-likeness (QED) is 0.412. The third-order valence-electron chi connectivity index (χ3n) is 1.37. The SMILES string of the molecule is O=C([O-])c1cccc(S(=O)(=O)O)c1.[Na+]. The van der Waals surface area contributed by atoms with Crippen molar-refractivity contribution in [2.24, 2.45) is 0 Å². The van der Waals surface area contributed by atoms with Crippen molar-refractivity contribution in [1.29, 1.82) is 0 Å². The number of carboxylic acid groups (broad SMARTS) is 1. The molecule has 1 aromatic rings. The van der Waals surface area contributed by atoms with Crippen molar-refractivity contribution in [2.45, 2.75) is 4.90 Å². The second-order valence-corrected chi connectivity index (χ2v) is 3.71. The molecule has 0 aliphatic rings. The maximum Gasteiger partial charge on any atom is 1.00 e. The number of aromatic carboxylic acids is 1. The van der Waals surface area contributed by atoms with Crippen LogP contribution >= 0.6 is 0 Å².